The van der Waals surface area contributed by atoms with Gasteiger partial charge < -0.3 is 101 Å². The summed E-state index contributed by atoms with van der Waals surface area (Å²) in [5.74, 6) is -4.13. The van der Waals surface area contributed by atoms with Crippen molar-refractivity contribution in [3.05, 3.63) is 41.5 Å². The van der Waals surface area contributed by atoms with Gasteiger partial charge in [-0.1, -0.05) is 33.8 Å². The SMILES string of the molecule is COCCOCCOCCOCCOCCOCCOCCOCCCN(CCCOCCOCCOCCOCCOCCOCCOCCOC)CCCc1cc(NC(=O)[C@H](C)NC(=O)[C@@H](NC(=O)CN2C(=O)C=CC2=O)C(C)C)ccc1COC(=O)C(C)C.[HH].[HH].[HH]. The van der Waals surface area contributed by atoms with Crippen LogP contribution < -0.4 is 16.0 Å². The van der Waals surface area contributed by atoms with Crippen molar-refractivity contribution in [1.82, 2.24) is 20.4 Å². The van der Waals surface area contributed by atoms with Gasteiger partial charge in [-0.25, -0.2) is 0 Å². The Morgan fingerprint density at radius 2 is 0.815 bits per heavy atom. The molecular weight excluding hydrogens is 1210 g/mol. The van der Waals surface area contributed by atoms with Gasteiger partial charge in [-0.05, 0) is 68.3 Å². The number of anilines is 1. The van der Waals surface area contributed by atoms with Crippen LogP contribution >= 0.6 is 0 Å². The number of benzene rings is 1. The molecule has 0 aromatic heterocycles. The van der Waals surface area contributed by atoms with Gasteiger partial charge in [-0.15, -0.1) is 0 Å². The molecule has 0 unspecified atom stereocenters. The van der Waals surface area contributed by atoms with E-state index in [1.807, 2.05) is 12.1 Å². The Morgan fingerprint density at radius 3 is 1.17 bits per heavy atom. The maximum absolute atomic E-state index is 13.6. The van der Waals surface area contributed by atoms with Crippen LogP contribution in [0.2, 0.25) is 0 Å². The highest BCUT2D eigenvalue weighted by Crippen LogP contribution is 2.21. The standard InChI is InChI=1S/C64H111N5O23.3H2/c1-52(2)61(67-58(70)50-69-59(71)14-15-60(69)72)63(74)65-54(5)62(73)66-57-13-12-56(51-92-64(75)53(3)4)55(49-57)11-8-16-68(17-9-19-78-25-27-82-33-35-86-41-43-90-47-45-88-39-37-84-31-29-80-23-21-76-6)18-10-20-79-26-28-83-34-36-87-42-44-91-48-46-89-40-38-85-32-30-81-24-22-77-7;;;/h12-15,49,52-54,61H,8-11,16-48,50-51H2,1-7H3,(H,65,74)(H,66,73)(H,67,70);3*1H/t54-,61-;;;/m0.../s1. The summed E-state index contributed by atoms with van der Waals surface area (Å²) < 4.78 is 93.8. The van der Waals surface area contributed by atoms with Gasteiger partial charge in [0.15, 0.2) is 0 Å². The van der Waals surface area contributed by atoms with Gasteiger partial charge in [0.2, 0.25) is 17.7 Å². The number of carbonyl (C=O) groups is 6. The molecule has 0 radical (unpaired) electrons. The zero-order valence-electron chi connectivity index (χ0n) is 56.1. The van der Waals surface area contributed by atoms with E-state index >= 15 is 0 Å². The monoisotopic (exact) mass is 1320 g/mol. The lowest BCUT2D eigenvalue weighted by Gasteiger charge is -2.25. The molecule has 1 aromatic carbocycles. The first kappa shape index (κ1) is 83.4. The minimum absolute atomic E-state index is 0. The van der Waals surface area contributed by atoms with E-state index in [2.05, 4.69) is 20.9 Å². The largest absolute Gasteiger partial charge is 0.461 e. The van der Waals surface area contributed by atoms with E-state index in [1.54, 1.807) is 48.0 Å². The van der Waals surface area contributed by atoms with Gasteiger partial charge >= 0.3 is 5.97 Å². The minimum Gasteiger partial charge on any atom is -0.461 e. The molecule has 2 atom stereocenters. The zero-order valence-corrected chi connectivity index (χ0v) is 56.1. The van der Waals surface area contributed by atoms with Gasteiger partial charge in [-0.3, -0.25) is 33.7 Å². The third kappa shape index (κ3) is 44.8. The molecule has 1 heterocycles. The molecule has 3 N–H and O–H groups in total. The van der Waals surface area contributed by atoms with Crippen molar-refractivity contribution >= 4 is 41.2 Å². The molecule has 2 rings (SSSR count). The number of hydrogen-bond acceptors (Lipinski definition) is 24. The van der Waals surface area contributed by atoms with E-state index in [9.17, 15) is 28.8 Å². The van der Waals surface area contributed by atoms with Crippen molar-refractivity contribution in [3.63, 3.8) is 0 Å². The van der Waals surface area contributed by atoms with Crippen LogP contribution in [0, 0.1) is 11.8 Å². The van der Waals surface area contributed by atoms with Gasteiger partial charge in [0.05, 0.1) is 191 Å². The molecule has 0 fully saturated rings. The van der Waals surface area contributed by atoms with Crippen LogP contribution in [0.1, 0.15) is 69.3 Å². The molecule has 1 aliphatic rings. The normalized spacial score (nSPS) is 13.1. The van der Waals surface area contributed by atoms with Gasteiger partial charge in [0.1, 0.15) is 25.2 Å². The second-order valence-electron chi connectivity index (χ2n) is 21.6. The fraction of sp³-hybridized carbons (Fsp3) is 0.781. The van der Waals surface area contributed by atoms with Crippen LogP contribution in [0.5, 0.6) is 0 Å². The Bertz CT molecular complexity index is 2040. The lowest BCUT2D eigenvalue weighted by Crippen LogP contribution is -2.55. The molecule has 5 amide bonds. The van der Waals surface area contributed by atoms with E-state index < -0.39 is 54.1 Å². The van der Waals surface area contributed by atoms with E-state index in [4.69, 9.17) is 80.5 Å². The highest BCUT2D eigenvalue weighted by atomic mass is 16.6. The first-order chi connectivity index (χ1) is 44.8. The fourth-order valence-electron chi connectivity index (χ4n) is 8.23. The zero-order chi connectivity index (χ0) is 66.9. The second kappa shape index (κ2) is 57.7. The predicted octanol–water partition coefficient (Wildman–Crippen LogP) is 3.17. The third-order valence-electron chi connectivity index (χ3n) is 13.3. The average molecular weight is 1320 g/mol. The highest BCUT2D eigenvalue weighted by molar-refractivity contribution is 6.14. The summed E-state index contributed by atoms with van der Waals surface area (Å²) in [5.41, 5.74) is 2.14. The molecule has 92 heavy (non-hydrogen) atoms. The molecule has 1 aromatic rings. The number of rotatable bonds is 65. The van der Waals surface area contributed by atoms with E-state index in [1.165, 1.54) is 6.92 Å². The molecule has 1 aliphatic heterocycles. The van der Waals surface area contributed by atoms with Crippen molar-refractivity contribution in [1.29, 1.82) is 0 Å². The van der Waals surface area contributed by atoms with Crippen LogP contribution in [0.3, 0.4) is 0 Å². The number of nitrogens with zero attached hydrogens (tertiary/aromatic N) is 2. The van der Waals surface area contributed by atoms with Crippen molar-refractivity contribution in [2.24, 2.45) is 11.8 Å². The molecule has 536 valence electrons. The molecule has 28 nitrogen and oxygen atoms in total. The summed E-state index contributed by atoms with van der Waals surface area (Å²) in [7, 11) is 3.27. The summed E-state index contributed by atoms with van der Waals surface area (Å²) in [4.78, 5) is 79.5. The molecule has 0 spiro atoms. The summed E-state index contributed by atoms with van der Waals surface area (Å²) >= 11 is 0. The van der Waals surface area contributed by atoms with Gasteiger partial charge in [0, 0.05) is 62.6 Å². The first-order valence-corrected chi connectivity index (χ1v) is 32.3. The van der Waals surface area contributed by atoms with Crippen LogP contribution in [0.4, 0.5) is 5.69 Å². The summed E-state index contributed by atoms with van der Waals surface area (Å²) in [6.45, 7) is 24.8. The molecule has 0 saturated heterocycles. The van der Waals surface area contributed by atoms with Crippen LogP contribution in [0.15, 0.2) is 30.4 Å². The van der Waals surface area contributed by atoms with Crippen molar-refractivity contribution in [3.8, 4) is 0 Å². The van der Waals surface area contributed by atoms with E-state index in [0.717, 1.165) is 67.1 Å². The van der Waals surface area contributed by atoms with E-state index in [0.29, 0.717) is 210 Å². The number of methoxy groups -OCH3 is 2. The number of esters is 1. The molecule has 0 aliphatic carbocycles. The quantitative estimate of drug-likeness (QED) is 0.0479. The van der Waals surface area contributed by atoms with Crippen molar-refractivity contribution in [2.75, 3.05) is 244 Å². The smallest absolute Gasteiger partial charge is 0.308 e. The number of imide groups is 1. The highest BCUT2D eigenvalue weighted by Gasteiger charge is 2.31. The summed E-state index contributed by atoms with van der Waals surface area (Å²) in [6, 6.07) is 3.30. The Morgan fingerprint density at radius 1 is 0.457 bits per heavy atom. The Hall–Kier alpha value is -4.70. The lowest BCUT2D eigenvalue weighted by atomic mass is 10.0. The Balaban J connectivity index is 0. The molecular formula is C64H117N5O23. The van der Waals surface area contributed by atoms with Gasteiger partial charge in [0.25, 0.3) is 11.8 Å². The Labute approximate surface area is 549 Å². The maximum Gasteiger partial charge on any atom is 0.308 e. The summed E-state index contributed by atoms with van der Waals surface area (Å²) in [5, 5.41) is 8.15. The summed E-state index contributed by atoms with van der Waals surface area (Å²) in [6.07, 6.45) is 5.03. The number of carbonyl (C=O) groups excluding carboxylic acids is 6. The fourth-order valence-corrected chi connectivity index (χ4v) is 8.23. The average Bonchev–Trinajstić information content (AvgIpc) is 1.61. The van der Waals surface area contributed by atoms with E-state index in [-0.39, 0.29) is 22.8 Å². The predicted molar refractivity (Wildman–Crippen MR) is 345 cm³/mol. The van der Waals surface area contributed by atoms with Gasteiger partial charge in [-0.2, -0.15) is 0 Å². The number of aryl methyl sites for hydroxylation is 1. The topological polar surface area (TPSA) is 302 Å². The first-order valence-electron chi connectivity index (χ1n) is 32.3. The molecule has 0 bridgehead atoms. The number of amides is 5. The van der Waals surface area contributed by atoms with Crippen molar-refractivity contribution in [2.45, 2.75) is 79.0 Å². The molecule has 0 saturated carbocycles. The van der Waals surface area contributed by atoms with Crippen LogP contribution in [0.25, 0.3) is 0 Å². The number of nitrogens with one attached hydrogen (secondary N) is 3. The Kier molecular flexibility index (Phi) is 52.3. The van der Waals surface area contributed by atoms with Crippen LogP contribution in [-0.4, -0.2) is 296 Å². The second-order valence-corrected chi connectivity index (χ2v) is 21.6. The van der Waals surface area contributed by atoms with Crippen LogP contribution in [-0.2, 0) is 122 Å². The van der Waals surface area contributed by atoms with Crippen molar-refractivity contribution < 1.29 is 114 Å². The molecule has 28 heteroatoms. The number of ether oxygens (including phenoxy) is 17. The number of hydrogen-bond donors (Lipinski definition) is 3. The third-order valence-corrected chi connectivity index (χ3v) is 13.3. The maximum atomic E-state index is 13.6. The lowest BCUT2D eigenvalue weighted by molar-refractivity contribution is -0.148. The minimum atomic E-state index is -1.06.